The first-order valence-electron chi connectivity index (χ1n) is 16.8. The average molecular weight is 647 g/mol. The van der Waals surface area contributed by atoms with E-state index in [0.29, 0.717) is 0 Å². The summed E-state index contributed by atoms with van der Waals surface area (Å²) in [5.74, 6) is 2.00. The van der Waals surface area contributed by atoms with Gasteiger partial charge in [-0.3, -0.25) is 4.79 Å². The molecule has 1 unspecified atom stereocenters. The van der Waals surface area contributed by atoms with E-state index in [9.17, 15) is 4.79 Å². The summed E-state index contributed by atoms with van der Waals surface area (Å²) >= 11 is 1.69. The highest BCUT2D eigenvalue weighted by Gasteiger charge is 2.39. The van der Waals surface area contributed by atoms with Crippen molar-refractivity contribution in [1.29, 1.82) is 0 Å². The third kappa shape index (κ3) is 7.49. The van der Waals surface area contributed by atoms with E-state index in [1.54, 1.807) is 18.3 Å². The summed E-state index contributed by atoms with van der Waals surface area (Å²) < 4.78 is 0. The standard InChI is InChI=1S/C36H54N8OS/c1-24-20-41(31-14-10-27(18-39-31)35(4,5)6)22-29(43(24)33(45)26(3)37)12-13-30-23-42(21-25(2)44(30)34-38-16-17-46-34)32-15-11-28(19-40-32)36(7,8)9/h10-11,14-19,24-26,29-30H,12-13,20-23,37H2,1-9H3/t24-,25+,26?,29+,30-/m1/s1. The molecule has 2 aliphatic heterocycles. The van der Waals surface area contributed by atoms with Crippen LogP contribution < -0.4 is 20.4 Å². The Hall–Kier alpha value is -3.24. The van der Waals surface area contributed by atoms with Crippen molar-refractivity contribution in [2.45, 2.75) is 116 Å². The predicted molar refractivity (Wildman–Crippen MR) is 191 cm³/mol. The van der Waals surface area contributed by atoms with Gasteiger partial charge in [-0.25, -0.2) is 15.0 Å². The lowest BCUT2D eigenvalue weighted by Crippen LogP contribution is -2.63. The van der Waals surface area contributed by atoms with E-state index in [0.717, 1.165) is 55.8 Å². The molecule has 3 aromatic rings. The first-order chi connectivity index (χ1) is 21.6. The fraction of sp³-hybridized carbons (Fsp3) is 0.611. The number of anilines is 3. The van der Waals surface area contributed by atoms with E-state index >= 15 is 0 Å². The molecular formula is C36H54N8OS. The molecule has 9 nitrogen and oxygen atoms in total. The second-order valence-electron chi connectivity index (χ2n) is 15.5. The van der Waals surface area contributed by atoms with E-state index in [1.807, 2.05) is 18.6 Å². The van der Waals surface area contributed by atoms with Crippen molar-refractivity contribution in [1.82, 2.24) is 19.9 Å². The first kappa shape index (κ1) is 34.1. The molecule has 5 heterocycles. The second kappa shape index (κ2) is 13.5. The minimum atomic E-state index is -0.542. The highest BCUT2D eigenvalue weighted by atomic mass is 32.1. The highest BCUT2D eigenvalue weighted by Crippen LogP contribution is 2.33. The molecule has 5 rings (SSSR count). The third-order valence-electron chi connectivity index (χ3n) is 9.56. The Kier molecular flexibility index (Phi) is 9.99. The summed E-state index contributed by atoms with van der Waals surface area (Å²) in [6.07, 6.45) is 7.68. The number of pyridine rings is 2. The smallest absolute Gasteiger partial charge is 0.239 e. The summed E-state index contributed by atoms with van der Waals surface area (Å²) in [5, 5.41) is 3.11. The van der Waals surface area contributed by atoms with Gasteiger partial charge in [0.1, 0.15) is 11.6 Å². The van der Waals surface area contributed by atoms with Crippen molar-refractivity contribution in [3.63, 3.8) is 0 Å². The predicted octanol–water partition coefficient (Wildman–Crippen LogP) is 5.85. The monoisotopic (exact) mass is 646 g/mol. The lowest BCUT2D eigenvalue weighted by atomic mass is 9.88. The van der Waals surface area contributed by atoms with Gasteiger partial charge in [-0.1, -0.05) is 53.7 Å². The van der Waals surface area contributed by atoms with Gasteiger partial charge in [-0.2, -0.15) is 0 Å². The minimum Gasteiger partial charge on any atom is -0.353 e. The van der Waals surface area contributed by atoms with E-state index in [-0.39, 0.29) is 40.9 Å². The Balaban J connectivity index is 1.39. The topological polar surface area (TPSA) is 94.7 Å². The zero-order chi connectivity index (χ0) is 33.4. The summed E-state index contributed by atoms with van der Waals surface area (Å²) in [4.78, 5) is 37.4. The van der Waals surface area contributed by atoms with Crippen LogP contribution in [0.15, 0.2) is 48.2 Å². The number of thiazole rings is 1. The molecule has 1 amide bonds. The molecule has 10 heteroatoms. The van der Waals surface area contributed by atoms with Crippen LogP contribution in [0.25, 0.3) is 0 Å². The molecule has 0 aliphatic carbocycles. The van der Waals surface area contributed by atoms with Crippen LogP contribution >= 0.6 is 11.3 Å². The van der Waals surface area contributed by atoms with Crippen molar-refractivity contribution >= 4 is 34.0 Å². The van der Waals surface area contributed by atoms with Crippen LogP contribution in [-0.4, -0.2) is 82.1 Å². The maximum atomic E-state index is 13.5. The van der Waals surface area contributed by atoms with Gasteiger partial charge in [0, 0.05) is 74.3 Å². The Morgan fingerprint density at radius 2 is 1.35 bits per heavy atom. The van der Waals surface area contributed by atoms with Gasteiger partial charge in [-0.15, -0.1) is 11.3 Å². The third-order valence-corrected chi connectivity index (χ3v) is 10.3. The van der Waals surface area contributed by atoms with E-state index in [2.05, 4.69) is 105 Å². The van der Waals surface area contributed by atoms with Gasteiger partial charge in [0.25, 0.3) is 0 Å². The molecule has 2 aliphatic rings. The number of piperazine rings is 2. The van der Waals surface area contributed by atoms with Crippen molar-refractivity contribution in [2.24, 2.45) is 5.73 Å². The molecule has 0 spiro atoms. The van der Waals surface area contributed by atoms with Crippen LogP contribution in [0.3, 0.4) is 0 Å². The zero-order valence-corrected chi connectivity index (χ0v) is 30.1. The Morgan fingerprint density at radius 1 is 0.826 bits per heavy atom. The molecule has 46 heavy (non-hydrogen) atoms. The van der Waals surface area contributed by atoms with Gasteiger partial charge in [-0.05, 0) is 67.7 Å². The number of carbonyl (C=O) groups is 1. The van der Waals surface area contributed by atoms with Crippen LogP contribution in [-0.2, 0) is 15.6 Å². The Labute approximate surface area is 280 Å². The SMILES string of the molecule is CC(N)C(=O)N1[C@@H](CC[C@@H]2CN(c3ccc(C(C)(C)C)cn3)C[C@H](C)N2c2nccs2)CN(c2ccc(C(C)(C)C)cn2)C[C@H]1C. The highest BCUT2D eigenvalue weighted by molar-refractivity contribution is 7.13. The molecule has 2 saturated heterocycles. The van der Waals surface area contributed by atoms with Gasteiger partial charge < -0.3 is 25.3 Å². The fourth-order valence-corrected chi connectivity index (χ4v) is 7.76. The quantitative estimate of drug-likeness (QED) is 0.342. The van der Waals surface area contributed by atoms with E-state index < -0.39 is 6.04 Å². The molecule has 0 aromatic carbocycles. The molecule has 0 radical (unpaired) electrons. The molecule has 0 saturated carbocycles. The first-order valence-corrected chi connectivity index (χ1v) is 17.7. The van der Waals surface area contributed by atoms with Crippen molar-refractivity contribution in [2.75, 3.05) is 40.9 Å². The fourth-order valence-electron chi connectivity index (χ4n) is 6.94. The van der Waals surface area contributed by atoms with Crippen LogP contribution in [0.1, 0.15) is 86.3 Å². The molecule has 2 N–H and O–H groups in total. The molecule has 0 bridgehead atoms. The average Bonchev–Trinajstić information content (AvgIpc) is 3.53. The van der Waals surface area contributed by atoms with Crippen molar-refractivity contribution in [3.05, 3.63) is 59.4 Å². The van der Waals surface area contributed by atoms with Gasteiger partial charge >= 0.3 is 0 Å². The van der Waals surface area contributed by atoms with Crippen molar-refractivity contribution < 1.29 is 4.79 Å². The normalized spacial score (nSPS) is 23.5. The molecule has 250 valence electrons. The summed E-state index contributed by atoms with van der Waals surface area (Å²) in [7, 11) is 0. The van der Waals surface area contributed by atoms with Crippen LogP contribution in [0.4, 0.5) is 16.8 Å². The summed E-state index contributed by atoms with van der Waals surface area (Å²) in [6.45, 7) is 22.7. The van der Waals surface area contributed by atoms with Crippen LogP contribution in [0.2, 0.25) is 0 Å². The Bertz CT molecular complexity index is 1430. The van der Waals surface area contributed by atoms with Gasteiger partial charge in [0.2, 0.25) is 5.91 Å². The van der Waals surface area contributed by atoms with Gasteiger partial charge in [0.15, 0.2) is 5.13 Å². The maximum absolute atomic E-state index is 13.5. The lowest BCUT2D eigenvalue weighted by molar-refractivity contribution is -0.137. The molecule has 5 atom stereocenters. The number of rotatable bonds is 7. The minimum absolute atomic E-state index is 0.0133. The number of hydrogen-bond acceptors (Lipinski definition) is 9. The zero-order valence-electron chi connectivity index (χ0n) is 29.3. The largest absolute Gasteiger partial charge is 0.353 e. The van der Waals surface area contributed by atoms with E-state index in [1.165, 1.54) is 11.1 Å². The van der Waals surface area contributed by atoms with Crippen LogP contribution in [0.5, 0.6) is 0 Å². The summed E-state index contributed by atoms with van der Waals surface area (Å²) in [5.41, 5.74) is 8.77. The number of amides is 1. The number of hydrogen-bond donors (Lipinski definition) is 1. The number of carbonyl (C=O) groups excluding carboxylic acids is 1. The van der Waals surface area contributed by atoms with E-state index in [4.69, 9.17) is 20.7 Å². The number of aromatic nitrogens is 3. The molecule has 2 fully saturated rings. The molecular weight excluding hydrogens is 593 g/mol. The second-order valence-corrected chi connectivity index (χ2v) is 16.3. The number of nitrogens with two attached hydrogens (primary N) is 1. The van der Waals surface area contributed by atoms with Crippen LogP contribution in [0, 0.1) is 0 Å². The maximum Gasteiger partial charge on any atom is 0.239 e. The lowest BCUT2D eigenvalue weighted by Gasteiger charge is -2.49. The number of nitrogens with zero attached hydrogens (tertiary/aromatic N) is 7. The Morgan fingerprint density at radius 3 is 1.80 bits per heavy atom. The van der Waals surface area contributed by atoms with Crippen molar-refractivity contribution in [3.8, 4) is 0 Å². The van der Waals surface area contributed by atoms with Gasteiger partial charge in [0.05, 0.1) is 6.04 Å². The molecule has 3 aromatic heterocycles. The summed E-state index contributed by atoms with van der Waals surface area (Å²) in [6, 6.07) is 8.66.